The van der Waals surface area contributed by atoms with E-state index in [1.165, 1.54) is 25.6 Å². The zero-order valence-corrected chi connectivity index (χ0v) is 23.9. The summed E-state index contributed by atoms with van der Waals surface area (Å²) in [6.45, 7) is 7.55. The summed E-state index contributed by atoms with van der Waals surface area (Å²) in [5.74, 6) is 0.461. The van der Waals surface area contributed by atoms with Crippen LogP contribution >= 0.6 is 15.9 Å². The number of hydrogen-bond acceptors (Lipinski definition) is 6. The summed E-state index contributed by atoms with van der Waals surface area (Å²) in [5.41, 5.74) is 0.774. The van der Waals surface area contributed by atoms with Crippen molar-refractivity contribution >= 4 is 37.0 Å². The van der Waals surface area contributed by atoms with Gasteiger partial charge in [0.05, 0.1) is 27.2 Å². The van der Waals surface area contributed by atoms with Gasteiger partial charge >= 0.3 is 5.69 Å². The maximum atomic E-state index is 13.2. The molecule has 202 valence electrons. The quantitative estimate of drug-likeness (QED) is 0.372. The van der Waals surface area contributed by atoms with Crippen molar-refractivity contribution in [3.8, 4) is 17.0 Å². The zero-order chi connectivity index (χ0) is 26.7. The number of ether oxygens (including phenoxy) is 1. The van der Waals surface area contributed by atoms with Gasteiger partial charge in [0.15, 0.2) is 0 Å². The highest BCUT2D eigenvalue weighted by Crippen LogP contribution is 2.39. The van der Waals surface area contributed by atoms with Crippen LogP contribution in [0.5, 0.6) is 5.75 Å². The smallest absolute Gasteiger partial charge is 0.331 e. The number of aromatic nitrogens is 3. The minimum Gasteiger partial charge on any atom is -0.493 e. The summed E-state index contributed by atoms with van der Waals surface area (Å²) in [7, 11) is -2.34. The molecule has 0 bridgehead atoms. The molecule has 2 N–H and O–H groups in total. The Bertz CT molecular complexity index is 1500. The van der Waals surface area contributed by atoms with E-state index in [1.807, 2.05) is 13.8 Å². The summed E-state index contributed by atoms with van der Waals surface area (Å²) in [5, 5.41) is 0. The Hall–Kier alpha value is -2.41. The lowest BCUT2D eigenvalue weighted by molar-refractivity contribution is 0.233. The third kappa shape index (κ3) is 5.57. The Morgan fingerprint density at radius 1 is 1.11 bits per heavy atom. The minimum atomic E-state index is -3.79. The molecule has 0 unspecified atom stereocenters. The summed E-state index contributed by atoms with van der Waals surface area (Å²) >= 11 is 3.58. The Kier molecular flexibility index (Phi) is 8.62. The molecule has 37 heavy (non-hydrogen) atoms. The maximum absolute atomic E-state index is 13.2. The second kappa shape index (κ2) is 11.5. The van der Waals surface area contributed by atoms with Crippen LogP contribution in [0.2, 0.25) is 0 Å². The number of halogens is 1. The molecule has 3 aromatic rings. The number of nitrogens with one attached hydrogen (secondary N) is 2. The van der Waals surface area contributed by atoms with Gasteiger partial charge in [-0.2, -0.15) is 0 Å². The summed E-state index contributed by atoms with van der Waals surface area (Å²) < 4.78 is 38.0. The summed E-state index contributed by atoms with van der Waals surface area (Å²) in [6, 6.07) is 4.67. The number of fused-ring (bicyclic) bond motifs is 1. The van der Waals surface area contributed by atoms with Crippen molar-refractivity contribution in [3.63, 3.8) is 0 Å². The van der Waals surface area contributed by atoms with Gasteiger partial charge in [-0.05, 0) is 73.4 Å². The van der Waals surface area contributed by atoms with E-state index in [0.717, 1.165) is 30.5 Å². The molecule has 0 atom stereocenters. The molecule has 1 saturated heterocycles. The maximum Gasteiger partial charge on any atom is 0.331 e. The second-order valence-corrected chi connectivity index (χ2v) is 11.8. The lowest BCUT2D eigenvalue weighted by atomic mass is 10.1. The topological polar surface area (TPSA) is 118 Å². The standard InChI is InChI=1S/C25H34BrN5O5S/c1-4-12-31-23-20(26)21(28-22(23)24(32)29(3)25(31)33)18-16-17(9-10-19(18)36-5-2)37(34,35)27-11-15-30-13-7-6-8-14-30/h9-10,16,27-28H,4-8,11-15H2,1-3H3. The first-order valence-corrected chi connectivity index (χ1v) is 15.0. The predicted octanol–water partition coefficient (Wildman–Crippen LogP) is 3.03. The number of piperidine rings is 1. The molecule has 0 spiro atoms. The molecule has 12 heteroatoms. The minimum absolute atomic E-state index is 0.0917. The van der Waals surface area contributed by atoms with Crippen LogP contribution in [0.15, 0.2) is 37.2 Å². The van der Waals surface area contributed by atoms with Gasteiger partial charge in [0, 0.05) is 32.2 Å². The molecule has 10 nitrogen and oxygen atoms in total. The molecule has 1 aromatic carbocycles. The van der Waals surface area contributed by atoms with E-state index in [1.54, 1.807) is 10.6 Å². The molecule has 1 aliphatic heterocycles. The van der Waals surface area contributed by atoms with Gasteiger partial charge in [0.1, 0.15) is 11.3 Å². The summed E-state index contributed by atoms with van der Waals surface area (Å²) in [4.78, 5) is 31.3. The van der Waals surface area contributed by atoms with Crippen molar-refractivity contribution < 1.29 is 13.2 Å². The van der Waals surface area contributed by atoms with E-state index in [4.69, 9.17) is 4.74 Å². The van der Waals surface area contributed by atoms with Gasteiger partial charge in [-0.1, -0.05) is 13.3 Å². The molecule has 1 fully saturated rings. The van der Waals surface area contributed by atoms with E-state index < -0.39 is 21.3 Å². The highest BCUT2D eigenvalue weighted by molar-refractivity contribution is 9.10. The number of hydrogen-bond donors (Lipinski definition) is 2. The molecule has 4 rings (SSSR count). The average Bonchev–Trinajstić information content (AvgIpc) is 3.23. The number of aromatic amines is 1. The Morgan fingerprint density at radius 2 is 1.84 bits per heavy atom. The van der Waals surface area contributed by atoms with Gasteiger partial charge in [0.2, 0.25) is 10.0 Å². The van der Waals surface area contributed by atoms with E-state index in [0.29, 0.717) is 59.7 Å². The van der Waals surface area contributed by atoms with E-state index in [9.17, 15) is 18.0 Å². The average molecular weight is 597 g/mol. The number of benzene rings is 1. The van der Waals surface area contributed by atoms with E-state index in [2.05, 4.69) is 30.5 Å². The first-order valence-electron chi connectivity index (χ1n) is 12.7. The van der Waals surface area contributed by atoms with Gasteiger partial charge in [-0.3, -0.25) is 13.9 Å². The third-order valence-electron chi connectivity index (χ3n) is 6.67. The van der Waals surface area contributed by atoms with E-state index in [-0.39, 0.29) is 10.4 Å². The van der Waals surface area contributed by atoms with Gasteiger partial charge in [0.25, 0.3) is 5.56 Å². The first-order chi connectivity index (χ1) is 17.7. The fourth-order valence-corrected chi connectivity index (χ4v) is 6.55. The number of nitrogens with zero attached hydrogens (tertiary/aromatic N) is 3. The van der Waals surface area contributed by atoms with Crippen LogP contribution in [0.1, 0.15) is 39.5 Å². The zero-order valence-electron chi connectivity index (χ0n) is 21.5. The molecule has 2 aromatic heterocycles. The largest absolute Gasteiger partial charge is 0.493 e. The van der Waals surface area contributed by atoms with Crippen molar-refractivity contribution in [1.82, 2.24) is 23.7 Å². The molecule has 1 aliphatic rings. The van der Waals surface area contributed by atoms with Gasteiger partial charge < -0.3 is 14.6 Å². The van der Waals surface area contributed by atoms with Gasteiger partial charge in [-0.25, -0.2) is 17.9 Å². The molecular formula is C25H34BrN5O5S. The number of rotatable bonds is 10. The van der Waals surface area contributed by atoms with E-state index >= 15 is 0 Å². The van der Waals surface area contributed by atoms with Crippen molar-refractivity contribution in [3.05, 3.63) is 43.5 Å². The third-order valence-corrected chi connectivity index (χ3v) is 8.90. The molecule has 0 aliphatic carbocycles. The summed E-state index contributed by atoms with van der Waals surface area (Å²) in [6.07, 6.45) is 4.20. The van der Waals surface area contributed by atoms with Crippen LogP contribution in [0, 0.1) is 0 Å². The predicted molar refractivity (Wildman–Crippen MR) is 148 cm³/mol. The van der Waals surface area contributed by atoms with Crippen molar-refractivity contribution in [2.75, 3.05) is 32.8 Å². The number of H-pyrrole nitrogens is 1. The van der Waals surface area contributed by atoms with Crippen LogP contribution in [0.4, 0.5) is 0 Å². The van der Waals surface area contributed by atoms with Crippen molar-refractivity contribution in [2.45, 2.75) is 51.0 Å². The van der Waals surface area contributed by atoms with Crippen LogP contribution in [0.25, 0.3) is 22.3 Å². The fourth-order valence-electron chi connectivity index (χ4n) is 4.78. The monoisotopic (exact) mass is 595 g/mol. The molecule has 3 heterocycles. The Balaban J connectivity index is 1.77. The number of sulfonamides is 1. The SMILES string of the molecule is CCCn1c(=O)n(C)c(=O)c2[nH]c(-c3cc(S(=O)(=O)NCCN4CCCCC4)ccc3OCC)c(Br)c21. The van der Waals surface area contributed by atoms with Gasteiger partial charge in [-0.15, -0.1) is 0 Å². The van der Waals surface area contributed by atoms with Crippen LogP contribution in [-0.2, 0) is 23.6 Å². The first kappa shape index (κ1) is 27.6. The number of likely N-dealkylation sites (tertiary alicyclic amines) is 1. The number of aryl methyl sites for hydroxylation is 1. The highest BCUT2D eigenvalue weighted by Gasteiger charge is 2.24. The lowest BCUT2D eigenvalue weighted by Gasteiger charge is -2.26. The molecule has 0 radical (unpaired) electrons. The highest BCUT2D eigenvalue weighted by atomic mass is 79.9. The Labute approximate surface area is 224 Å². The Morgan fingerprint density at radius 3 is 2.51 bits per heavy atom. The van der Waals surface area contributed by atoms with Crippen molar-refractivity contribution in [2.24, 2.45) is 7.05 Å². The molecule has 0 saturated carbocycles. The molecule has 0 amide bonds. The van der Waals surface area contributed by atoms with Crippen LogP contribution < -0.4 is 20.7 Å². The normalized spacial score (nSPS) is 14.9. The van der Waals surface area contributed by atoms with Crippen molar-refractivity contribution in [1.29, 1.82) is 0 Å². The van der Waals surface area contributed by atoms with Crippen LogP contribution in [0.3, 0.4) is 0 Å². The second-order valence-electron chi connectivity index (χ2n) is 9.23. The fraction of sp³-hybridized carbons (Fsp3) is 0.520. The molecular weight excluding hydrogens is 562 g/mol. The lowest BCUT2D eigenvalue weighted by Crippen LogP contribution is -2.38. The van der Waals surface area contributed by atoms with Crippen LogP contribution in [-0.4, -0.2) is 60.2 Å².